The van der Waals surface area contributed by atoms with Crippen LogP contribution in [0.3, 0.4) is 0 Å². The first-order valence-electron chi connectivity index (χ1n) is 10.1. The Morgan fingerprint density at radius 3 is 2.25 bits per heavy atom. The molecule has 1 aromatic rings. The molecule has 2 heterocycles. The van der Waals surface area contributed by atoms with Crippen LogP contribution in [0, 0.1) is 5.92 Å². The number of halogens is 2. The molecule has 2 amide bonds. The molecule has 1 aromatic carbocycles. The zero-order chi connectivity index (χ0) is 20.1. The molecule has 0 radical (unpaired) electrons. The van der Waals surface area contributed by atoms with Crippen molar-refractivity contribution in [2.45, 2.75) is 51.6 Å². The predicted molar refractivity (Wildman–Crippen MR) is 111 cm³/mol. The Bertz CT molecular complexity index is 697. The fraction of sp³-hybridized carbons (Fsp3) is 0.619. The molecule has 0 saturated carbocycles. The minimum Gasteiger partial charge on any atom is -0.479 e. The summed E-state index contributed by atoms with van der Waals surface area (Å²) >= 11 is 12.0. The zero-order valence-electron chi connectivity index (χ0n) is 16.3. The Morgan fingerprint density at radius 2 is 1.64 bits per heavy atom. The Labute approximate surface area is 176 Å². The maximum atomic E-state index is 12.8. The molecule has 2 aliphatic rings. The van der Waals surface area contributed by atoms with Crippen LogP contribution in [-0.2, 0) is 9.59 Å². The molecule has 2 fully saturated rings. The molecule has 7 heteroatoms. The van der Waals surface area contributed by atoms with E-state index < -0.39 is 6.10 Å². The Hall–Kier alpha value is -1.46. The number of benzene rings is 1. The molecule has 3 rings (SSSR count). The summed E-state index contributed by atoms with van der Waals surface area (Å²) in [5.74, 6) is 0.667. The Morgan fingerprint density at radius 1 is 1.00 bits per heavy atom. The first-order valence-corrected chi connectivity index (χ1v) is 10.9. The quantitative estimate of drug-likeness (QED) is 0.716. The summed E-state index contributed by atoms with van der Waals surface area (Å²) in [5.41, 5.74) is 0. The van der Waals surface area contributed by atoms with Crippen LogP contribution in [0.4, 0.5) is 0 Å². The first-order chi connectivity index (χ1) is 13.5. The SMILES string of the molecule is CC(Oc1ccc(Cl)cc1Cl)C(=O)N1CCC(C(=O)N2CCCCCC2)CC1. The van der Waals surface area contributed by atoms with Gasteiger partial charge in [0, 0.05) is 37.1 Å². The van der Waals surface area contributed by atoms with Gasteiger partial charge in [0.25, 0.3) is 5.91 Å². The highest BCUT2D eigenvalue weighted by Gasteiger charge is 2.32. The van der Waals surface area contributed by atoms with Gasteiger partial charge in [-0.3, -0.25) is 9.59 Å². The largest absolute Gasteiger partial charge is 0.479 e. The number of hydrogen-bond acceptors (Lipinski definition) is 3. The molecule has 0 aromatic heterocycles. The van der Waals surface area contributed by atoms with E-state index in [-0.39, 0.29) is 17.7 Å². The van der Waals surface area contributed by atoms with Gasteiger partial charge in [-0.15, -0.1) is 0 Å². The Kier molecular flexibility index (Phi) is 7.47. The molecule has 0 N–H and O–H groups in total. The third-order valence-corrected chi connectivity index (χ3v) is 6.15. The van der Waals surface area contributed by atoms with E-state index in [0.717, 1.165) is 38.8 Å². The number of amides is 2. The first kappa shape index (κ1) is 21.3. The van der Waals surface area contributed by atoms with E-state index in [1.807, 2.05) is 4.90 Å². The monoisotopic (exact) mass is 426 g/mol. The van der Waals surface area contributed by atoms with Gasteiger partial charge in [0.15, 0.2) is 6.10 Å². The molecule has 1 atom stereocenters. The van der Waals surface area contributed by atoms with E-state index in [0.29, 0.717) is 28.9 Å². The number of nitrogens with zero attached hydrogens (tertiary/aromatic N) is 2. The minimum atomic E-state index is -0.642. The van der Waals surface area contributed by atoms with Gasteiger partial charge in [0.05, 0.1) is 5.02 Å². The molecular weight excluding hydrogens is 399 g/mol. The maximum Gasteiger partial charge on any atom is 0.263 e. The molecule has 28 heavy (non-hydrogen) atoms. The summed E-state index contributed by atoms with van der Waals surface area (Å²) < 4.78 is 5.74. The van der Waals surface area contributed by atoms with E-state index in [1.165, 1.54) is 12.8 Å². The summed E-state index contributed by atoms with van der Waals surface area (Å²) in [6.07, 6.45) is 5.43. The lowest BCUT2D eigenvalue weighted by Gasteiger charge is -2.35. The second-order valence-corrected chi connectivity index (χ2v) is 8.52. The third-order valence-electron chi connectivity index (χ3n) is 5.62. The Balaban J connectivity index is 1.50. The van der Waals surface area contributed by atoms with Gasteiger partial charge in [-0.2, -0.15) is 0 Å². The third kappa shape index (κ3) is 5.32. The van der Waals surface area contributed by atoms with Crippen molar-refractivity contribution in [3.8, 4) is 5.75 Å². The van der Waals surface area contributed by atoms with Crippen LogP contribution >= 0.6 is 23.2 Å². The smallest absolute Gasteiger partial charge is 0.263 e. The molecule has 0 spiro atoms. The van der Waals surface area contributed by atoms with Crippen molar-refractivity contribution in [1.29, 1.82) is 0 Å². The summed E-state index contributed by atoms with van der Waals surface area (Å²) in [7, 11) is 0. The average Bonchev–Trinajstić information content (AvgIpc) is 2.98. The van der Waals surface area contributed by atoms with Gasteiger partial charge >= 0.3 is 0 Å². The van der Waals surface area contributed by atoms with Gasteiger partial charge in [-0.1, -0.05) is 36.0 Å². The molecular formula is C21H28Cl2N2O3. The van der Waals surface area contributed by atoms with Crippen molar-refractivity contribution < 1.29 is 14.3 Å². The number of ether oxygens (including phenoxy) is 1. The second-order valence-electron chi connectivity index (χ2n) is 7.67. The molecule has 5 nitrogen and oxygen atoms in total. The van der Waals surface area contributed by atoms with Crippen LogP contribution in [-0.4, -0.2) is 53.9 Å². The van der Waals surface area contributed by atoms with Gasteiger partial charge in [0.2, 0.25) is 5.91 Å². The predicted octanol–water partition coefficient (Wildman–Crippen LogP) is 4.40. The molecule has 154 valence electrons. The summed E-state index contributed by atoms with van der Waals surface area (Å²) in [4.78, 5) is 29.4. The van der Waals surface area contributed by atoms with Gasteiger partial charge in [0.1, 0.15) is 5.75 Å². The van der Waals surface area contributed by atoms with Crippen molar-refractivity contribution in [1.82, 2.24) is 9.80 Å². The van der Waals surface area contributed by atoms with Crippen molar-refractivity contribution in [2.24, 2.45) is 5.92 Å². The van der Waals surface area contributed by atoms with Gasteiger partial charge < -0.3 is 14.5 Å². The van der Waals surface area contributed by atoms with Crippen LogP contribution in [0.25, 0.3) is 0 Å². The van der Waals surface area contributed by atoms with Crippen LogP contribution in [0.2, 0.25) is 10.0 Å². The lowest BCUT2D eigenvalue weighted by Crippen LogP contribution is -2.47. The van der Waals surface area contributed by atoms with E-state index in [2.05, 4.69) is 0 Å². The fourth-order valence-electron chi connectivity index (χ4n) is 3.96. The number of piperidine rings is 1. The maximum absolute atomic E-state index is 12.8. The lowest BCUT2D eigenvalue weighted by atomic mass is 9.95. The number of carbonyl (C=O) groups is 2. The highest BCUT2D eigenvalue weighted by molar-refractivity contribution is 6.35. The molecule has 1 unspecified atom stereocenters. The number of carbonyl (C=O) groups excluding carboxylic acids is 2. The van der Waals surface area contributed by atoms with Crippen LogP contribution in [0.5, 0.6) is 5.75 Å². The van der Waals surface area contributed by atoms with E-state index in [4.69, 9.17) is 27.9 Å². The van der Waals surface area contributed by atoms with Crippen LogP contribution in [0.15, 0.2) is 18.2 Å². The summed E-state index contributed by atoms with van der Waals surface area (Å²) in [6.45, 7) is 4.66. The molecule has 2 aliphatic heterocycles. The molecule has 0 bridgehead atoms. The zero-order valence-corrected chi connectivity index (χ0v) is 17.8. The second kappa shape index (κ2) is 9.84. The average molecular weight is 427 g/mol. The highest BCUT2D eigenvalue weighted by atomic mass is 35.5. The van der Waals surface area contributed by atoms with Crippen molar-refractivity contribution in [2.75, 3.05) is 26.2 Å². The minimum absolute atomic E-state index is 0.0316. The number of rotatable bonds is 4. The van der Waals surface area contributed by atoms with Crippen molar-refractivity contribution in [3.05, 3.63) is 28.2 Å². The van der Waals surface area contributed by atoms with E-state index in [1.54, 1.807) is 30.0 Å². The van der Waals surface area contributed by atoms with E-state index in [9.17, 15) is 9.59 Å². The van der Waals surface area contributed by atoms with Gasteiger partial charge in [-0.05, 0) is 50.8 Å². The number of likely N-dealkylation sites (tertiary alicyclic amines) is 2. The summed E-state index contributed by atoms with van der Waals surface area (Å²) in [6, 6.07) is 4.94. The lowest BCUT2D eigenvalue weighted by molar-refractivity contribution is -0.143. The molecule has 0 aliphatic carbocycles. The van der Waals surface area contributed by atoms with Crippen LogP contribution < -0.4 is 4.74 Å². The highest BCUT2D eigenvalue weighted by Crippen LogP contribution is 2.29. The number of hydrogen-bond donors (Lipinski definition) is 0. The summed E-state index contributed by atoms with van der Waals surface area (Å²) in [5, 5.41) is 0.904. The topological polar surface area (TPSA) is 49.9 Å². The van der Waals surface area contributed by atoms with Crippen molar-refractivity contribution in [3.63, 3.8) is 0 Å². The van der Waals surface area contributed by atoms with Crippen molar-refractivity contribution >= 4 is 35.0 Å². The van der Waals surface area contributed by atoms with Gasteiger partial charge in [-0.25, -0.2) is 0 Å². The molecule has 2 saturated heterocycles. The fourth-order valence-corrected chi connectivity index (χ4v) is 4.42. The van der Waals surface area contributed by atoms with E-state index >= 15 is 0 Å². The standard InChI is InChI=1S/C21H28Cl2N2O3/c1-15(28-19-7-6-17(22)14-18(19)23)20(26)25-12-8-16(9-13-25)21(27)24-10-4-2-3-5-11-24/h6-7,14-16H,2-5,8-13H2,1H3. The van der Waals surface area contributed by atoms with Crippen LogP contribution in [0.1, 0.15) is 45.4 Å². The normalized spacial score (nSPS) is 19.8.